The van der Waals surface area contributed by atoms with Crippen LogP contribution in [0.5, 0.6) is 0 Å². The smallest absolute Gasteiger partial charge is 0.264 e. The highest BCUT2D eigenvalue weighted by molar-refractivity contribution is 7.98. The van der Waals surface area contributed by atoms with E-state index in [4.69, 9.17) is 23.2 Å². The van der Waals surface area contributed by atoms with Gasteiger partial charge in [0.25, 0.3) is 10.0 Å². The summed E-state index contributed by atoms with van der Waals surface area (Å²) in [6.07, 6.45) is 1.87. The summed E-state index contributed by atoms with van der Waals surface area (Å²) in [6, 6.07) is 15.7. The molecule has 10 heteroatoms. The molecule has 0 aliphatic heterocycles. The molecule has 0 saturated carbocycles. The molecule has 1 amide bonds. The van der Waals surface area contributed by atoms with Crippen molar-refractivity contribution in [3.05, 3.63) is 82.6 Å². The maximum absolute atomic E-state index is 13.8. The van der Waals surface area contributed by atoms with Crippen LogP contribution in [-0.2, 0) is 14.8 Å². The molecular formula is C21H17Cl2FN2O3S2. The van der Waals surface area contributed by atoms with Crippen LogP contribution in [0.1, 0.15) is 0 Å². The van der Waals surface area contributed by atoms with Crippen LogP contribution in [0.15, 0.2) is 76.5 Å². The van der Waals surface area contributed by atoms with Crippen LogP contribution in [0, 0.1) is 5.82 Å². The summed E-state index contributed by atoms with van der Waals surface area (Å²) in [4.78, 5) is 13.5. The second-order valence-electron chi connectivity index (χ2n) is 6.37. The van der Waals surface area contributed by atoms with Gasteiger partial charge in [0.1, 0.15) is 12.4 Å². The lowest BCUT2D eigenvalue weighted by atomic mass is 10.3. The summed E-state index contributed by atoms with van der Waals surface area (Å²) in [6.45, 7) is -0.583. The average molecular weight is 499 g/mol. The summed E-state index contributed by atoms with van der Waals surface area (Å²) in [5, 5.41) is 3.19. The van der Waals surface area contributed by atoms with E-state index in [1.165, 1.54) is 60.3 Å². The fourth-order valence-corrected chi connectivity index (χ4v) is 5.13. The number of carbonyl (C=O) groups is 1. The summed E-state index contributed by atoms with van der Waals surface area (Å²) in [7, 11) is -4.16. The molecular weight excluding hydrogens is 482 g/mol. The fraction of sp³-hybridized carbons (Fsp3) is 0.0952. The molecule has 1 N–H and O–H groups in total. The van der Waals surface area contributed by atoms with Gasteiger partial charge in [0.2, 0.25) is 5.91 Å². The number of halogens is 3. The fourth-order valence-electron chi connectivity index (χ4n) is 2.78. The van der Waals surface area contributed by atoms with Crippen LogP contribution in [-0.4, -0.2) is 27.1 Å². The van der Waals surface area contributed by atoms with Gasteiger partial charge in [-0.2, -0.15) is 0 Å². The van der Waals surface area contributed by atoms with Gasteiger partial charge in [-0.25, -0.2) is 12.8 Å². The maximum atomic E-state index is 13.8. The summed E-state index contributed by atoms with van der Waals surface area (Å²) >= 11 is 13.4. The molecule has 0 fully saturated rings. The zero-order valence-electron chi connectivity index (χ0n) is 16.2. The van der Waals surface area contributed by atoms with Crippen molar-refractivity contribution in [3.63, 3.8) is 0 Å². The largest absolute Gasteiger partial charge is 0.324 e. The standard InChI is InChI=1S/C21H17Cl2FN2O3S2/c1-30-19-5-7-20(8-6-19)31(28,29)26(18-4-2-3-16(24)12-18)13-21(27)25-17-10-14(22)9-15(23)11-17/h2-12H,13H2,1H3,(H,25,27). The van der Waals surface area contributed by atoms with Crippen molar-refractivity contribution in [1.29, 1.82) is 0 Å². The van der Waals surface area contributed by atoms with E-state index in [2.05, 4.69) is 5.32 Å². The minimum absolute atomic E-state index is 0.0202. The molecule has 0 saturated heterocycles. The molecule has 3 aromatic carbocycles. The van der Waals surface area contributed by atoms with Gasteiger partial charge < -0.3 is 5.32 Å². The topological polar surface area (TPSA) is 66.5 Å². The van der Waals surface area contributed by atoms with E-state index in [-0.39, 0.29) is 10.6 Å². The van der Waals surface area contributed by atoms with Crippen molar-refractivity contribution in [2.24, 2.45) is 0 Å². The van der Waals surface area contributed by atoms with Crippen LogP contribution in [0.3, 0.4) is 0 Å². The van der Waals surface area contributed by atoms with E-state index >= 15 is 0 Å². The molecule has 31 heavy (non-hydrogen) atoms. The Kier molecular flexibility index (Phi) is 7.48. The average Bonchev–Trinajstić information content (AvgIpc) is 2.71. The number of anilines is 2. The summed E-state index contributed by atoms with van der Waals surface area (Å²) < 4.78 is 41.3. The van der Waals surface area contributed by atoms with E-state index < -0.39 is 28.3 Å². The maximum Gasteiger partial charge on any atom is 0.264 e. The predicted octanol–water partition coefficient (Wildman–Crippen LogP) is 5.69. The predicted molar refractivity (Wildman–Crippen MR) is 124 cm³/mol. The number of nitrogens with one attached hydrogen (secondary N) is 1. The molecule has 0 aromatic heterocycles. The number of rotatable bonds is 7. The van der Waals surface area contributed by atoms with Gasteiger partial charge in [0.05, 0.1) is 10.6 Å². The second kappa shape index (κ2) is 9.91. The molecule has 162 valence electrons. The number of hydrogen-bond acceptors (Lipinski definition) is 4. The molecule has 0 heterocycles. The Balaban J connectivity index is 1.95. The zero-order chi connectivity index (χ0) is 22.6. The number of amides is 1. The van der Waals surface area contributed by atoms with Crippen LogP contribution >= 0.6 is 35.0 Å². The normalized spacial score (nSPS) is 11.2. The van der Waals surface area contributed by atoms with Crippen molar-refractivity contribution in [3.8, 4) is 0 Å². The first kappa shape index (κ1) is 23.4. The number of sulfonamides is 1. The van der Waals surface area contributed by atoms with E-state index in [0.29, 0.717) is 15.7 Å². The minimum Gasteiger partial charge on any atom is -0.324 e. The highest BCUT2D eigenvalue weighted by Gasteiger charge is 2.27. The second-order valence-corrected chi connectivity index (χ2v) is 9.99. The van der Waals surface area contributed by atoms with Gasteiger partial charge in [-0.05, 0) is 66.9 Å². The van der Waals surface area contributed by atoms with Crippen molar-refractivity contribution in [2.75, 3.05) is 22.4 Å². The van der Waals surface area contributed by atoms with Gasteiger partial charge in [-0.3, -0.25) is 9.10 Å². The Morgan fingerprint density at radius 1 is 1.03 bits per heavy atom. The molecule has 0 spiro atoms. The third-order valence-corrected chi connectivity index (χ3v) is 7.15. The number of hydrogen-bond donors (Lipinski definition) is 1. The molecule has 3 aromatic rings. The van der Waals surface area contributed by atoms with E-state index in [9.17, 15) is 17.6 Å². The van der Waals surface area contributed by atoms with Crippen molar-refractivity contribution in [2.45, 2.75) is 9.79 Å². The van der Waals surface area contributed by atoms with Gasteiger partial charge in [-0.15, -0.1) is 11.8 Å². The minimum atomic E-state index is -4.16. The van der Waals surface area contributed by atoms with Gasteiger partial charge in [0.15, 0.2) is 0 Å². The number of carbonyl (C=O) groups excluding carboxylic acids is 1. The lowest BCUT2D eigenvalue weighted by Gasteiger charge is -2.24. The van der Waals surface area contributed by atoms with Crippen LogP contribution in [0.2, 0.25) is 10.0 Å². The SMILES string of the molecule is CSc1ccc(S(=O)(=O)N(CC(=O)Nc2cc(Cl)cc(Cl)c2)c2cccc(F)c2)cc1. The number of nitrogens with zero attached hydrogens (tertiary/aromatic N) is 1. The zero-order valence-corrected chi connectivity index (χ0v) is 19.3. The third-order valence-electron chi connectivity index (χ3n) is 4.18. The molecule has 3 rings (SSSR count). The first-order valence-corrected chi connectivity index (χ1v) is 12.3. The summed E-state index contributed by atoms with van der Waals surface area (Å²) in [5.41, 5.74) is 0.330. The van der Waals surface area contributed by atoms with Gasteiger partial charge >= 0.3 is 0 Å². The molecule has 0 radical (unpaired) electrons. The molecule has 0 atom stereocenters. The van der Waals surface area contributed by atoms with Crippen molar-refractivity contribution in [1.82, 2.24) is 0 Å². The van der Waals surface area contributed by atoms with Crippen LogP contribution < -0.4 is 9.62 Å². The van der Waals surface area contributed by atoms with Crippen LogP contribution in [0.4, 0.5) is 15.8 Å². The monoisotopic (exact) mass is 498 g/mol. The van der Waals surface area contributed by atoms with Crippen LogP contribution in [0.25, 0.3) is 0 Å². The molecule has 0 unspecified atom stereocenters. The van der Waals surface area contributed by atoms with Crippen molar-refractivity contribution >= 4 is 62.3 Å². The van der Waals surface area contributed by atoms with Gasteiger partial charge in [0, 0.05) is 20.6 Å². The molecule has 5 nitrogen and oxygen atoms in total. The highest BCUT2D eigenvalue weighted by Crippen LogP contribution is 2.27. The Morgan fingerprint density at radius 2 is 1.68 bits per heavy atom. The Hall–Kier alpha value is -2.26. The Labute approximate surface area is 194 Å². The molecule has 0 aliphatic carbocycles. The van der Waals surface area contributed by atoms with Gasteiger partial charge in [-0.1, -0.05) is 29.3 Å². The molecule has 0 aliphatic rings. The van der Waals surface area contributed by atoms with E-state index in [0.717, 1.165) is 15.3 Å². The first-order valence-electron chi connectivity index (χ1n) is 8.87. The Morgan fingerprint density at radius 3 is 2.26 bits per heavy atom. The lowest BCUT2D eigenvalue weighted by Crippen LogP contribution is -2.38. The third kappa shape index (κ3) is 5.92. The van der Waals surface area contributed by atoms with Crippen molar-refractivity contribution < 1.29 is 17.6 Å². The summed E-state index contributed by atoms with van der Waals surface area (Å²) in [5.74, 6) is -1.27. The van der Waals surface area contributed by atoms with E-state index in [1.807, 2.05) is 6.26 Å². The highest BCUT2D eigenvalue weighted by atomic mass is 35.5. The molecule has 0 bridgehead atoms. The quantitative estimate of drug-likeness (QED) is 0.425. The Bertz CT molecular complexity index is 1190. The number of thioether (sulfide) groups is 1. The lowest BCUT2D eigenvalue weighted by molar-refractivity contribution is -0.114. The van der Waals surface area contributed by atoms with E-state index in [1.54, 1.807) is 12.1 Å². The number of benzene rings is 3. The first-order chi connectivity index (χ1) is 14.7.